The number of hydrogen-bond acceptors (Lipinski definition) is 34. The van der Waals surface area contributed by atoms with E-state index in [1.54, 1.807) is 206 Å². The Hall–Kier alpha value is 0.158. The molecule has 23 atom stereocenters. The summed E-state index contributed by atoms with van der Waals surface area (Å²) >= 11 is 0. The molecule has 0 aromatic rings. The maximum Gasteiger partial charge on any atom is 0.503 e. The van der Waals surface area contributed by atoms with Crippen LogP contribution in [0.5, 0.6) is 0 Å². The summed E-state index contributed by atoms with van der Waals surface area (Å²) in [5, 5.41) is 0. The molecule has 0 aliphatic heterocycles. The molecule has 0 N–H and O–H groups in total. The van der Waals surface area contributed by atoms with Crippen LogP contribution in [-0.4, -0.2) is 383 Å². The van der Waals surface area contributed by atoms with Gasteiger partial charge >= 0.3 is 61.6 Å². The average Bonchev–Trinajstić information content (AvgIpc) is 1.63. The van der Waals surface area contributed by atoms with Crippen LogP contribution in [0.25, 0.3) is 0 Å². The third kappa shape index (κ3) is 35.2. The van der Waals surface area contributed by atoms with Crippen molar-refractivity contribution in [1.82, 2.24) is 0 Å². The van der Waals surface area contributed by atoms with Crippen molar-refractivity contribution in [3.63, 3.8) is 0 Å². The Balaban J connectivity index is 0.000000383. The molecule has 0 heterocycles. The van der Waals surface area contributed by atoms with Crippen molar-refractivity contribution in [2.45, 2.75) is 225 Å². The van der Waals surface area contributed by atoms with E-state index < -0.39 is 61.6 Å². The molecule has 127 heavy (non-hydrogen) atoms. The summed E-state index contributed by atoms with van der Waals surface area (Å²) in [5.74, 6) is 7.45. The van der Waals surface area contributed by atoms with Crippen LogP contribution < -0.4 is 0 Å². The maximum absolute atomic E-state index is 6.02. The van der Waals surface area contributed by atoms with Crippen molar-refractivity contribution in [3.8, 4) is 0 Å². The Morgan fingerprint density at radius 1 is 0.252 bits per heavy atom. The molecule has 9 aliphatic rings. The third-order valence-corrected chi connectivity index (χ3v) is 50.7. The summed E-state index contributed by atoms with van der Waals surface area (Å²) in [5.41, 5.74) is 1.83. The summed E-state index contributed by atoms with van der Waals surface area (Å²) in [7, 11) is 33.6. The van der Waals surface area contributed by atoms with Gasteiger partial charge in [0.25, 0.3) is 0 Å². The zero-order valence-corrected chi connectivity index (χ0v) is 91.9. The number of ether oxygens (including phenoxy) is 13. The molecule has 23 unspecified atom stereocenters. The summed E-state index contributed by atoms with van der Waals surface area (Å²) in [4.78, 5) is 0. The van der Waals surface area contributed by atoms with Gasteiger partial charge in [-0.25, -0.2) is 0 Å². The molecule has 0 saturated heterocycles. The lowest BCUT2D eigenvalue weighted by Gasteiger charge is -2.36. The van der Waals surface area contributed by atoms with Gasteiger partial charge in [-0.1, -0.05) is 0 Å². The molecule has 0 spiro atoms. The molecular formula is C86H182O34Si7. The molecule has 0 radical (unpaired) electrons. The quantitative estimate of drug-likeness (QED) is 0.0403. The maximum atomic E-state index is 6.02. The van der Waals surface area contributed by atoms with Crippen LogP contribution in [0.15, 0.2) is 0 Å². The Kier molecular flexibility index (Phi) is 61.5. The molecule has 41 heteroatoms. The van der Waals surface area contributed by atoms with Gasteiger partial charge in [0.1, 0.15) is 6.10 Å². The fraction of sp³-hybridized carbons (Fsp3) is 1.00. The summed E-state index contributed by atoms with van der Waals surface area (Å²) in [6.45, 7) is 12.1. The van der Waals surface area contributed by atoms with Crippen molar-refractivity contribution >= 4 is 61.6 Å². The van der Waals surface area contributed by atoms with E-state index in [2.05, 4.69) is 0 Å². The van der Waals surface area contributed by atoms with Crippen LogP contribution in [0, 0.1) is 65.1 Å². The summed E-state index contributed by atoms with van der Waals surface area (Å²) in [6.07, 6.45) is 21.9. The second-order valence-electron chi connectivity index (χ2n) is 34.8. The van der Waals surface area contributed by atoms with Crippen LogP contribution >= 0.6 is 0 Å². The van der Waals surface area contributed by atoms with Crippen molar-refractivity contribution < 1.29 is 155 Å². The van der Waals surface area contributed by atoms with Crippen LogP contribution in [0.4, 0.5) is 0 Å². The van der Waals surface area contributed by atoms with E-state index in [-0.39, 0.29) is 36.6 Å². The van der Waals surface area contributed by atoms with Gasteiger partial charge in [-0.05, 0) is 201 Å². The van der Waals surface area contributed by atoms with Gasteiger partial charge in [0.15, 0.2) is 0 Å². The van der Waals surface area contributed by atoms with E-state index in [4.69, 9.17) is 155 Å². The Morgan fingerprint density at radius 2 is 0.583 bits per heavy atom. The van der Waals surface area contributed by atoms with Gasteiger partial charge in [0.2, 0.25) is 0 Å². The lowest BCUT2D eigenvalue weighted by molar-refractivity contribution is -0.0709. The fourth-order valence-electron chi connectivity index (χ4n) is 21.4. The number of hydrogen-bond donors (Lipinski definition) is 0. The Morgan fingerprint density at radius 3 is 0.898 bits per heavy atom. The van der Waals surface area contributed by atoms with Gasteiger partial charge in [-0.15, -0.1) is 0 Å². The molecule has 9 aliphatic carbocycles. The van der Waals surface area contributed by atoms with E-state index in [0.29, 0.717) is 128 Å². The highest BCUT2D eigenvalue weighted by Gasteiger charge is 2.63. The monoisotopic (exact) mass is 1960 g/mol. The third-order valence-electron chi connectivity index (χ3n) is 28.9. The van der Waals surface area contributed by atoms with Crippen molar-refractivity contribution in [2.75, 3.05) is 273 Å². The van der Waals surface area contributed by atoms with E-state index in [0.717, 1.165) is 113 Å². The lowest BCUT2D eigenvalue weighted by atomic mass is 9.83. The average molecular weight is 1960 g/mol. The predicted molar refractivity (Wildman–Crippen MR) is 497 cm³/mol. The topological polar surface area (TPSA) is 314 Å². The number of methoxy groups -OCH3 is 9. The van der Waals surface area contributed by atoms with E-state index >= 15 is 0 Å². The SMILES string of the molecule is COC(C)COC1CC2CC1CC2[Si](OC)(OC)OC.COC(C)COCC1CC2CC1CC2[Si](OC)(OC)OC.COC(C)COCCC[Si](OC)(OC)OC.COC1CC2CC1CC2[Si](OC)(OC)OC.COC1CCC(CC[Si](OC)(OC)OC)CC1OC.COCC(COCCC[Si](OC)(OC)OC)OC.COCC1CC2CC1CC2[Si](OC)(OC)OC. The molecule has 9 rings (SSSR count). The molecule has 9 saturated carbocycles. The Bertz CT molecular complexity index is 2650. The predicted octanol–water partition coefficient (Wildman–Crippen LogP) is 12.3. The first-order valence-corrected chi connectivity index (χ1v) is 58.7. The summed E-state index contributed by atoms with van der Waals surface area (Å²) in [6, 6.07) is 2.35. The van der Waals surface area contributed by atoms with Crippen molar-refractivity contribution in [2.24, 2.45) is 65.1 Å². The first-order chi connectivity index (χ1) is 61.0. The highest BCUT2D eigenvalue weighted by Crippen LogP contribution is 2.61. The van der Waals surface area contributed by atoms with E-state index in [9.17, 15) is 0 Å². The minimum Gasteiger partial charge on any atom is -0.384 e. The first kappa shape index (κ1) is 121. The minimum atomic E-state index is -2.50. The Labute approximate surface area is 775 Å². The normalized spacial score (nSPS) is 28.7. The molecule has 9 fully saturated rings. The van der Waals surface area contributed by atoms with Crippen LogP contribution in [0.3, 0.4) is 0 Å². The fourth-order valence-corrected chi connectivity index (χ4v) is 38.0. The van der Waals surface area contributed by atoms with Crippen molar-refractivity contribution in [3.05, 3.63) is 0 Å². The molecule has 0 amide bonds. The summed E-state index contributed by atoms with van der Waals surface area (Å²) < 4.78 is 186. The molecule has 0 aromatic heterocycles. The first-order valence-electron chi connectivity index (χ1n) is 45.7. The molecule has 758 valence electrons. The molecule has 8 bridgehead atoms. The second-order valence-corrected chi connectivity index (χ2v) is 56.8. The second kappa shape index (κ2) is 64.4. The van der Waals surface area contributed by atoms with Crippen LogP contribution in [-0.2, 0) is 155 Å². The van der Waals surface area contributed by atoms with Crippen LogP contribution in [0.2, 0.25) is 40.3 Å². The molecular weight excluding hydrogens is 1770 g/mol. The van der Waals surface area contributed by atoms with E-state index in [1.165, 1.54) is 51.4 Å². The van der Waals surface area contributed by atoms with E-state index in [1.807, 2.05) is 27.9 Å². The van der Waals surface area contributed by atoms with Gasteiger partial charge in [0.05, 0.1) is 75.8 Å². The van der Waals surface area contributed by atoms with Crippen molar-refractivity contribution in [1.29, 1.82) is 0 Å². The number of fused-ring (bicyclic) bond motifs is 8. The zero-order chi connectivity index (χ0) is 95.0. The standard InChI is InChI=1S/C15H30O5Si.C14H28O5Si.C13H28O5Si.C12H24O4Si.C11H26O6Si.C11H22O4Si.C10H24O5Si/c1-11(16-2)9-20-10-14-7-13-6-12(14)8-15(13)21(17-3,18-4)19-5;1-10(15-2)9-19-13-7-12-6-11(13)8-14(12)20(16-3,17-4)18-5;1-14-12-7-6-11(10-13(12)15-2)8-9-19(16-3,17-4)18-5;1-13-8-11-6-10-5-9(11)7-12(10)17(14-2,15-3)16-4;1-12-9-11(13-2)10-17-7-6-8-18(14-3,15-4)16-5;1-12-10-6-9-5-8(10)7-11(9)16(13-2,14-3)15-4;1-10(11-2)9-15-7-6-8-16(12-3,13-4)14-5/h11-15H,6-10H2,1-5H3;10-14H,6-9H2,1-5H3;11-13H,6-10H2,1-5H3;9-12H,5-8H2,1-4H3;11H,6-10H2,1-5H3;8-11H,5-7H2,1-4H3;10H,6-9H2,1-5H3. The smallest absolute Gasteiger partial charge is 0.384 e. The minimum absolute atomic E-state index is 0.0238. The molecule has 0 aromatic carbocycles. The van der Waals surface area contributed by atoms with Gasteiger partial charge < -0.3 is 155 Å². The zero-order valence-electron chi connectivity index (χ0n) is 84.9. The highest BCUT2D eigenvalue weighted by atomic mass is 28.4. The lowest BCUT2D eigenvalue weighted by Crippen LogP contribution is -2.50. The van der Waals surface area contributed by atoms with Gasteiger partial charge in [-0.2, -0.15) is 0 Å². The number of rotatable bonds is 58. The van der Waals surface area contributed by atoms with Crippen LogP contribution in [0.1, 0.15) is 136 Å². The largest absolute Gasteiger partial charge is 0.503 e. The van der Waals surface area contributed by atoms with Gasteiger partial charge in [0, 0.05) is 280 Å². The van der Waals surface area contributed by atoms with Gasteiger partial charge in [-0.3, -0.25) is 0 Å². The molecule has 34 nitrogen and oxygen atoms in total. The highest BCUT2D eigenvalue weighted by molar-refractivity contribution is 6.64.